The maximum absolute atomic E-state index is 12.6. The van der Waals surface area contributed by atoms with Crippen LogP contribution in [-0.4, -0.2) is 57.2 Å². The Morgan fingerprint density at radius 2 is 1.94 bits per heavy atom. The molecule has 2 aliphatic heterocycles. The Kier molecular flexibility index (Phi) is 5.80. The third-order valence-corrected chi connectivity index (χ3v) is 7.66. The number of nitrogens with zero attached hydrogens (tertiary/aromatic N) is 3. The zero-order valence-electron chi connectivity index (χ0n) is 18.6. The quantitative estimate of drug-likeness (QED) is 0.695. The standard InChI is InChI=1S/C25H27N3O4S/c1-17-26-22(18-5-3-2-4-6-18)21(33-17)15-27-13-11-25(12-14-27)16-28(24(31)32-25)20-9-7-19(8-10-20)23(29)30/h2-7,9H,8,10-16H2,1H3,(H,29,30). The number of benzene rings is 1. The first kappa shape index (κ1) is 21.9. The summed E-state index contributed by atoms with van der Waals surface area (Å²) in [5.74, 6) is -0.898. The summed E-state index contributed by atoms with van der Waals surface area (Å²) < 4.78 is 5.90. The molecule has 2 aromatic rings. The number of hydrogen-bond acceptors (Lipinski definition) is 6. The van der Waals surface area contributed by atoms with E-state index in [1.807, 2.05) is 25.1 Å². The Morgan fingerprint density at radius 3 is 2.61 bits per heavy atom. The van der Waals surface area contributed by atoms with Crippen molar-refractivity contribution in [1.82, 2.24) is 14.8 Å². The first-order valence-electron chi connectivity index (χ1n) is 11.3. The van der Waals surface area contributed by atoms with Gasteiger partial charge in [-0.15, -0.1) is 11.3 Å². The molecule has 0 saturated carbocycles. The van der Waals surface area contributed by atoms with Crippen molar-refractivity contribution in [3.63, 3.8) is 0 Å². The monoisotopic (exact) mass is 465 g/mol. The molecule has 0 bridgehead atoms. The van der Waals surface area contributed by atoms with Crippen molar-refractivity contribution < 1.29 is 19.4 Å². The number of carbonyl (C=O) groups excluding carboxylic acids is 1. The topological polar surface area (TPSA) is 83.0 Å². The highest BCUT2D eigenvalue weighted by atomic mass is 32.1. The number of piperidine rings is 1. The van der Waals surface area contributed by atoms with Crippen molar-refractivity contribution in [2.45, 2.75) is 44.8 Å². The zero-order chi connectivity index (χ0) is 23.0. The summed E-state index contributed by atoms with van der Waals surface area (Å²) in [4.78, 5) is 34.0. The van der Waals surface area contributed by atoms with Gasteiger partial charge in [0.25, 0.3) is 0 Å². The molecule has 3 aliphatic rings. The number of rotatable bonds is 5. The minimum absolute atomic E-state index is 0.314. The largest absolute Gasteiger partial charge is 0.478 e. The van der Waals surface area contributed by atoms with Crippen molar-refractivity contribution in [2.24, 2.45) is 0 Å². The molecule has 1 N–H and O–H groups in total. The second-order valence-electron chi connectivity index (χ2n) is 8.94. The fourth-order valence-electron chi connectivity index (χ4n) is 4.85. The van der Waals surface area contributed by atoms with Gasteiger partial charge < -0.3 is 9.84 Å². The number of carboxylic acid groups (broad SMARTS) is 1. The van der Waals surface area contributed by atoms with Crippen molar-refractivity contribution in [3.05, 3.63) is 63.6 Å². The lowest BCUT2D eigenvalue weighted by Gasteiger charge is -2.37. The highest BCUT2D eigenvalue weighted by molar-refractivity contribution is 7.12. The molecule has 5 rings (SSSR count). The summed E-state index contributed by atoms with van der Waals surface area (Å²) in [5.41, 5.74) is 2.97. The molecule has 1 aliphatic carbocycles. The molecule has 2 saturated heterocycles. The van der Waals surface area contributed by atoms with Crippen molar-refractivity contribution >= 4 is 23.4 Å². The third kappa shape index (κ3) is 4.45. The van der Waals surface area contributed by atoms with Crippen LogP contribution in [0.1, 0.15) is 35.6 Å². The van der Waals surface area contributed by atoms with Crippen LogP contribution in [0.4, 0.5) is 4.79 Å². The number of carbonyl (C=O) groups is 2. The number of thiazole rings is 1. The van der Waals surface area contributed by atoms with E-state index in [1.54, 1.807) is 28.4 Å². The summed E-state index contributed by atoms with van der Waals surface area (Å²) in [6.07, 6.45) is 5.59. The second kappa shape index (κ2) is 8.76. The molecule has 1 amide bonds. The SMILES string of the molecule is Cc1nc(-c2ccccc2)c(CN2CCC3(CC2)CN(C2=CC=C(C(=O)O)CC2)C(=O)O3)s1. The van der Waals surface area contributed by atoms with E-state index in [0.29, 0.717) is 25.0 Å². The van der Waals surface area contributed by atoms with Gasteiger partial charge in [0.2, 0.25) is 0 Å². The average Bonchev–Trinajstić information content (AvgIpc) is 3.35. The number of carboxylic acids is 1. The number of likely N-dealkylation sites (tertiary alicyclic amines) is 1. The van der Waals surface area contributed by atoms with Gasteiger partial charge >= 0.3 is 12.1 Å². The molecule has 0 unspecified atom stereocenters. The van der Waals surface area contributed by atoms with Crippen LogP contribution in [0.5, 0.6) is 0 Å². The molecule has 7 nitrogen and oxygen atoms in total. The molecule has 33 heavy (non-hydrogen) atoms. The van der Waals surface area contributed by atoms with Gasteiger partial charge in [0.05, 0.1) is 17.2 Å². The van der Waals surface area contributed by atoms with E-state index in [9.17, 15) is 9.59 Å². The van der Waals surface area contributed by atoms with E-state index < -0.39 is 11.6 Å². The molecule has 0 atom stereocenters. The molecule has 1 aromatic carbocycles. The molecular weight excluding hydrogens is 438 g/mol. The Hall–Kier alpha value is -2.97. The summed E-state index contributed by atoms with van der Waals surface area (Å²) in [7, 11) is 0. The van der Waals surface area contributed by atoms with Gasteiger partial charge in [-0.25, -0.2) is 14.6 Å². The number of aliphatic carboxylic acids is 1. The highest BCUT2D eigenvalue weighted by Crippen LogP contribution is 2.38. The zero-order valence-corrected chi connectivity index (χ0v) is 19.4. The number of hydrogen-bond donors (Lipinski definition) is 1. The number of amides is 1. The van der Waals surface area contributed by atoms with Crippen molar-refractivity contribution in [2.75, 3.05) is 19.6 Å². The first-order valence-corrected chi connectivity index (χ1v) is 12.1. The van der Waals surface area contributed by atoms with Crippen LogP contribution in [0, 0.1) is 6.92 Å². The molecule has 0 radical (unpaired) electrons. The van der Waals surface area contributed by atoms with Gasteiger partial charge in [0.1, 0.15) is 5.60 Å². The van der Waals surface area contributed by atoms with Crippen molar-refractivity contribution in [1.29, 1.82) is 0 Å². The minimum Gasteiger partial charge on any atom is -0.478 e. The molecule has 3 heterocycles. The predicted octanol–water partition coefficient (Wildman–Crippen LogP) is 4.59. The Balaban J connectivity index is 1.23. The fraction of sp³-hybridized carbons (Fsp3) is 0.400. The average molecular weight is 466 g/mol. The lowest BCUT2D eigenvalue weighted by molar-refractivity contribution is -0.132. The number of aryl methyl sites for hydroxylation is 1. The number of allylic oxidation sites excluding steroid dienone is 3. The maximum atomic E-state index is 12.6. The van der Waals surface area contributed by atoms with Crippen LogP contribution in [-0.2, 0) is 16.1 Å². The summed E-state index contributed by atoms with van der Waals surface area (Å²) in [6, 6.07) is 10.3. The van der Waals surface area contributed by atoms with Crippen LogP contribution in [0.3, 0.4) is 0 Å². The Morgan fingerprint density at radius 1 is 1.18 bits per heavy atom. The molecule has 1 aromatic heterocycles. The van der Waals surface area contributed by atoms with Gasteiger partial charge in [0, 0.05) is 54.2 Å². The highest BCUT2D eigenvalue weighted by Gasteiger charge is 2.48. The van der Waals surface area contributed by atoms with Crippen LogP contribution in [0.2, 0.25) is 0 Å². The lowest BCUT2D eigenvalue weighted by Crippen LogP contribution is -2.46. The van der Waals surface area contributed by atoms with E-state index in [0.717, 1.165) is 54.4 Å². The van der Waals surface area contributed by atoms with Crippen LogP contribution in [0.25, 0.3) is 11.3 Å². The molecule has 8 heteroatoms. The third-order valence-electron chi connectivity index (χ3n) is 6.71. The van der Waals surface area contributed by atoms with E-state index in [1.165, 1.54) is 4.88 Å². The Bertz CT molecular complexity index is 1130. The second-order valence-corrected chi connectivity index (χ2v) is 10.2. The molecule has 172 valence electrons. The van der Waals surface area contributed by atoms with Gasteiger partial charge in [0.15, 0.2) is 0 Å². The molecular formula is C25H27N3O4S. The Labute approximate surface area is 197 Å². The van der Waals surface area contributed by atoms with E-state index >= 15 is 0 Å². The van der Waals surface area contributed by atoms with E-state index in [2.05, 4.69) is 17.0 Å². The number of aromatic nitrogens is 1. The van der Waals surface area contributed by atoms with Crippen LogP contribution in [0.15, 0.2) is 53.8 Å². The van der Waals surface area contributed by atoms with Crippen LogP contribution < -0.4 is 0 Å². The fourth-order valence-corrected chi connectivity index (χ4v) is 5.85. The summed E-state index contributed by atoms with van der Waals surface area (Å²) in [5, 5.41) is 10.2. The lowest BCUT2D eigenvalue weighted by atomic mass is 9.90. The van der Waals surface area contributed by atoms with E-state index in [-0.39, 0.29) is 6.09 Å². The van der Waals surface area contributed by atoms with Gasteiger partial charge in [-0.2, -0.15) is 0 Å². The summed E-state index contributed by atoms with van der Waals surface area (Å²) >= 11 is 1.75. The summed E-state index contributed by atoms with van der Waals surface area (Å²) in [6.45, 7) is 5.14. The number of ether oxygens (including phenoxy) is 1. The molecule has 1 spiro atoms. The van der Waals surface area contributed by atoms with E-state index in [4.69, 9.17) is 14.8 Å². The van der Waals surface area contributed by atoms with Gasteiger partial charge in [-0.1, -0.05) is 36.4 Å². The van der Waals surface area contributed by atoms with Gasteiger partial charge in [-0.3, -0.25) is 9.80 Å². The van der Waals surface area contributed by atoms with Gasteiger partial charge in [-0.05, 0) is 25.8 Å². The molecule has 2 fully saturated rings. The maximum Gasteiger partial charge on any atom is 0.414 e. The smallest absolute Gasteiger partial charge is 0.414 e. The van der Waals surface area contributed by atoms with Crippen LogP contribution >= 0.6 is 11.3 Å². The normalized spacial score (nSPS) is 20.5. The first-order chi connectivity index (χ1) is 15.9. The predicted molar refractivity (Wildman–Crippen MR) is 126 cm³/mol. The minimum atomic E-state index is -0.898. The van der Waals surface area contributed by atoms with Crippen molar-refractivity contribution in [3.8, 4) is 11.3 Å².